The monoisotopic (exact) mass is 197 g/mol. The van der Waals surface area contributed by atoms with E-state index in [0.717, 1.165) is 11.3 Å². The van der Waals surface area contributed by atoms with E-state index >= 15 is 0 Å². The van der Waals surface area contributed by atoms with Crippen LogP contribution in [0.3, 0.4) is 0 Å². The van der Waals surface area contributed by atoms with Gasteiger partial charge < -0.3 is 10.1 Å². The third kappa shape index (κ3) is 3.34. The predicted molar refractivity (Wildman–Crippen MR) is 56.1 cm³/mol. The van der Waals surface area contributed by atoms with Gasteiger partial charge >= 0.3 is 0 Å². The molecule has 0 bridgehead atoms. The Bertz CT molecular complexity index is 281. The number of hydrogen-bond acceptors (Lipinski definition) is 2. The van der Waals surface area contributed by atoms with E-state index in [0.29, 0.717) is 6.61 Å². The molecule has 1 N–H and O–H groups in total. The Morgan fingerprint density at radius 3 is 2.71 bits per heavy atom. The molecule has 0 aliphatic rings. The summed E-state index contributed by atoms with van der Waals surface area (Å²) in [5, 5.41) is 3.16. The Hall–Kier alpha value is -1.09. The number of aryl methyl sites for hydroxylation is 1. The molecule has 2 nitrogen and oxygen atoms in total. The Balaban J connectivity index is 2.66. The summed E-state index contributed by atoms with van der Waals surface area (Å²) < 4.78 is 18.0. The summed E-state index contributed by atoms with van der Waals surface area (Å²) >= 11 is 0. The summed E-state index contributed by atoms with van der Waals surface area (Å²) in [7, 11) is 1.65. The van der Waals surface area contributed by atoms with Crippen LogP contribution in [-0.4, -0.2) is 19.8 Å². The van der Waals surface area contributed by atoms with Crippen molar-refractivity contribution >= 4 is 5.69 Å². The molecule has 1 aromatic rings. The molecule has 0 amide bonds. The zero-order valence-corrected chi connectivity index (χ0v) is 8.80. The van der Waals surface area contributed by atoms with Gasteiger partial charge in [-0.15, -0.1) is 0 Å². The van der Waals surface area contributed by atoms with Gasteiger partial charge in [-0.3, -0.25) is 0 Å². The fourth-order valence-corrected chi connectivity index (χ4v) is 1.40. The van der Waals surface area contributed by atoms with E-state index in [-0.39, 0.29) is 11.9 Å². The number of hydrogen-bond donors (Lipinski definition) is 1. The van der Waals surface area contributed by atoms with Crippen molar-refractivity contribution in [2.75, 3.05) is 19.0 Å². The molecule has 3 heteroatoms. The van der Waals surface area contributed by atoms with E-state index in [1.165, 1.54) is 12.1 Å². The molecule has 1 unspecified atom stereocenters. The van der Waals surface area contributed by atoms with Gasteiger partial charge in [0.1, 0.15) is 5.82 Å². The van der Waals surface area contributed by atoms with Crippen LogP contribution in [0.2, 0.25) is 0 Å². The summed E-state index contributed by atoms with van der Waals surface area (Å²) in [6.07, 6.45) is 0. The largest absolute Gasteiger partial charge is 0.383 e. The third-order valence-corrected chi connectivity index (χ3v) is 1.87. The van der Waals surface area contributed by atoms with Crippen molar-refractivity contribution < 1.29 is 9.13 Å². The SMILES string of the molecule is COCC(C)Nc1cc(C)cc(F)c1. The molecule has 0 saturated carbocycles. The molecule has 0 aliphatic heterocycles. The zero-order valence-electron chi connectivity index (χ0n) is 8.80. The molecule has 0 radical (unpaired) electrons. The highest BCUT2D eigenvalue weighted by atomic mass is 19.1. The molecule has 0 fully saturated rings. The molecule has 0 aromatic heterocycles. The van der Waals surface area contributed by atoms with E-state index in [2.05, 4.69) is 5.32 Å². The highest BCUT2D eigenvalue weighted by molar-refractivity contribution is 5.46. The van der Waals surface area contributed by atoms with Crippen molar-refractivity contribution in [3.05, 3.63) is 29.6 Å². The van der Waals surface area contributed by atoms with Gasteiger partial charge in [-0.05, 0) is 37.6 Å². The van der Waals surface area contributed by atoms with Crippen LogP contribution in [0.5, 0.6) is 0 Å². The summed E-state index contributed by atoms with van der Waals surface area (Å²) in [5.74, 6) is -0.211. The van der Waals surface area contributed by atoms with Crippen LogP contribution in [0.4, 0.5) is 10.1 Å². The van der Waals surface area contributed by atoms with Gasteiger partial charge in [0, 0.05) is 18.8 Å². The van der Waals surface area contributed by atoms with Crippen molar-refractivity contribution in [2.24, 2.45) is 0 Å². The second kappa shape index (κ2) is 4.96. The smallest absolute Gasteiger partial charge is 0.125 e. The highest BCUT2D eigenvalue weighted by Crippen LogP contribution is 2.14. The summed E-state index contributed by atoms with van der Waals surface area (Å²) in [6, 6.07) is 5.09. The van der Waals surface area contributed by atoms with E-state index in [1.807, 2.05) is 19.9 Å². The third-order valence-electron chi connectivity index (χ3n) is 1.87. The maximum Gasteiger partial charge on any atom is 0.125 e. The van der Waals surface area contributed by atoms with Gasteiger partial charge in [0.15, 0.2) is 0 Å². The van der Waals surface area contributed by atoms with Crippen LogP contribution in [-0.2, 0) is 4.74 Å². The van der Waals surface area contributed by atoms with Gasteiger partial charge in [-0.1, -0.05) is 0 Å². The van der Waals surface area contributed by atoms with Crippen molar-refractivity contribution in [2.45, 2.75) is 19.9 Å². The standard InChI is InChI=1S/C11H16FNO/c1-8-4-10(12)6-11(5-8)13-9(2)7-14-3/h4-6,9,13H,7H2,1-3H3. The average molecular weight is 197 g/mol. The van der Waals surface area contributed by atoms with E-state index in [4.69, 9.17) is 4.74 Å². The van der Waals surface area contributed by atoms with Gasteiger partial charge in [-0.2, -0.15) is 0 Å². The molecule has 0 aliphatic carbocycles. The average Bonchev–Trinajstić information content (AvgIpc) is 2.01. The molecule has 1 atom stereocenters. The van der Waals surface area contributed by atoms with E-state index in [9.17, 15) is 4.39 Å². The predicted octanol–water partition coefficient (Wildman–Crippen LogP) is 2.58. The number of anilines is 1. The Labute approximate surface area is 84.1 Å². The minimum atomic E-state index is -0.211. The maximum absolute atomic E-state index is 13.0. The molecular weight excluding hydrogens is 181 g/mol. The lowest BCUT2D eigenvalue weighted by Crippen LogP contribution is -2.20. The number of methoxy groups -OCH3 is 1. The van der Waals surface area contributed by atoms with Gasteiger partial charge in [0.2, 0.25) is 0 Å². The quantitative estimate of drug-likeness (QED) is 0.801. The normalized spacial score (nSPS) is 12.6. The molecule has 0 spiro atoms. The summed E-state index contributed by atoms with van der Waals surface area (Å²) in [4.78, 5) is 0. The lowest BCUT2D eigenvalue weighted by Gasteiger charge is -2.14. The fraction of sp³-hybridized carbons (Fsp3) is 0.455. The van der Waals surface area contributed by atoms with E-state index < -0.39 is 0 Å². The molecule has 0 saturated heterocycles. The number of halogens is 1. The topological polar surface area (TPSA) is 21.3 Å². The van der Waals surface area contributed by atoms with Gasteiger partial charge in [0.25, 0.3) is 0 Å². The molecule has 1 rings (SSSR count). The van der Waals surface area contributed by atoms with Crippen molar-refractivity contribution in [1.82, 2.24) is 0 Å². The second-order valence-corrected chi connectivity index (χ2v) is 3.52. The van der Waals surface area contributed by atoms with Crippen LogP contribution in [0.15, 0.2) is 18.2 Å². The van der Waals surface area contributed by atoms with Crippen LogP contribution in [0.25, 0.3) is 0 Å². The zero-order chi connectivity index (χ0) is 10.6. The van der Waals surface area contributed by atoms with Gasteiger partial charge in [0.05, 0.1) is 6.61 Å². The second-order valence-electron chi connectivity index (χ2n) is 3.52. The number of rotatable bonds is 4. The summed E-state index contributed by atoms with van der Waals surface area (Å²) in [5.41, 5.74) is 1.71. The van der Waals surface area contributed by atoms with Crippen molar-refractivity contribution in [1.29, 1.82) is 0 Å². The first-order valence-electron chi connectivity index (χ1n) is 4.64. The first-order valence-corrected chi connectivity index (χ1v) is 4.64. The lowest BCUT2D eigenvalue weighted by atomic mass is 10.2. The lowest BCUT2D eigenvalue weighted by molar-refractivity contribution is 0.190. The molecule has 14 heavy (non-hydrogen) atoms. The minimum Gasteiger partial charge on any atom is -0.383 e. The molecule has 0 heterocycles. The van der Waals surface area contributed by atoms with Crippen LogP contribution in [0, 0.1) is 12.7 Å². The molecule has 78 valence electrons. The first-order chi connectivity index (χ1) is 6.61. The van der Waals surface area contributed by atoms with Crippen LogP contribution < -0.4 is 5.32 Å². The Kier molecular flexibility index (Phi) is 3.89. The fourth-order valence-electron chi connectivity index (χ4n) is 1.40. The highest BCUT2D eigenvalue weighted by Gasteiger charge is 2.02. The Morgan fingerprint density at radius 1 is 1.43 bits per heavy atom. The van der Waals surface area contributed by atoms with Gasteiger partial charge in [-0.25, -0.2) is 4.39 Å². The number of ether oxygens (including phenoxy) is 1. The van der Waals surface area contributed by atoms with Crippen LogP contribution >= 0.6 is 0 Å². The molecular formula is C11H16FNO. The minimum absolute atomic E-state index is 0.182. The molecule has 1 aromatic carbocycles. The summed E-state index contributed by atoms with van der Waals surface area (Å²) in [6.45, 7) is 4.47. The number of benzene rings is 1. The maximum atomic E-state index is 13.0. The van der Waals surface area contributed by atoms with Crippen LogP contribution in [0.1, 0.15) is 12.5 Å². The first kappa shape index (κ1) is 11.0. The van der Waals surface area contributed by atoms with Crippen molar-refractivity contribution in [3.63, 3.8) is 0 Å². The Morgan fingerprint density at radius 2 is 2.14 bits per heavy atom. The van der Waals surface area contributed by atoms with Crippen molar-refractivity contribution in [3.8, 4) is 0 Å². The number of nitrogens with one attached hydrogen (secondary N) is 1. The van der Waals surface area contributed by atoms with E-state index in [1.54, 1.807) is 7.11 Å².